The largest absolute Gasteiger partial charge is 0.227 e. The van der Waals surface area contributed by atoms with Crippen molar-refractivity contribution < 1.29 is 4.39 Å². The molecule has 0 fully saturated rings. The van der Waals surface area contributed by atoms with Gasteiger partial charge in [-0.1, -0.05) is 41.7 Å². The molecule has 0 aliphatic heterocycles. The van der Waals surface area contributed by atoms with E-state index < -0.39 is 0 Å². The molecule has 3 rings (SSSR count). The lowest BCUT2D eigenvalue weighted by atomic mass is 10.2. The predicted octanol–water partition coefficient (Wildman–Crippen LogP) is 4.49. The molecule has 1 aromatic heterocycles. The number of aryl methyl sites for hydroxylation is 1. The highest BCUT2D eigenvalue weighted by Gasteiger charge is 2.04. The normalized spacial score (nSPS) is 11.5. The molecule has 2 nitrogen and oxygen atoms in total. The van der Waals surface area contributed by atoms with Gasteiger partial charge in [-0.15, -0.1) is 0 Å². The molecule has 0 saturated heterocycles. The van der Waals surface area contributed by atoms with E-state index in [9.17, 15) is 4.39 Å². The van der Waals surface area contributed by atoms with Crippen molar-refractivity contribution in [2.45, 2.75) is 6.92 Å². The summed E-state index contributed by atoms with van der Waals surface area (Å²) < 4.78 is 14.6. The number of halogens is 1. The van der Waals surface area contributed by atoms with Crippen LogP contribution in [0.1, 0.15) is 11.1 Å². The second-order valence-corrected chi connectivity index (χ2v) is 5.21. The molecule has 3 aromatic rings. The highest BCUT2D eigenvalue weighted by atomic mass is 32.1. The number of aromatic nitrogens is 1. The average Bonchev–Trinajstić information content (AvgIpc) is 2.82. The summed E-state index contributed by atoms with van der Waals surface area (Å²) in [6.45, 7) is 2.02. The van der Waals surface area contributed by atoms with Crippen LogP contribution in [0.4, 0.5) is 9.52 Å². The lowest BCUT2D eigenvalue weighted by molar-refractivity contribution is 0.626. The Hall–Kier alpha value is -2.07. The first-order valence-electron chi connectivity index (χ1n) is 5.89. The van der Waals surface area contributed by atoms with Crippen molar-refractivity contribution in [3.05, 3.63) is 59.4 Å². The van der Waals surface area contributed by atoms with Gasteiger partial charge in [0.25, 0.3) is 0 Å². The van der Waals surface area contributed by atoms with Crippen molar-refractivity contribution >= 4 is 32.9 Å². The Morgan fingerprint density at radius 1 is 1.16 bits per heavy atom. The van der Waals surface area contributed by atoms with E-state index in [2.05, 4.69) is 9.98 Å². The molecular formula is C15H11FN2S. The lowest BCUT2D eigenvalue weighted by Crippen LogP contribution is -1.85. The van der Waals surface area contributed by atoms with Gasteiger partial charge in [-0.05, 0) is 24.6 Å². The van der Waals surface area contributed by atoms with Gasteiger partial charge in [-0.25, -0.2) is 14.4 Å². The fraction of sp³-hybridized carbons (Fsp3) is 0.0667. The maximum Gasteiger partial charge on any atom is 0.210 e. The molecule has 19 heavy (non-hydrogen) atoms. The van der Waals surface area contributed by atoms with E-state index in [1.165, 1.54) is 23.6 Å². The number of hydrogen-bond acceptors (Lipinski definition) is 3. The van der Waals surface area contributed by atoms with Crippen molar-refractivity contribution in [1.29, 1.82) is 0 Å². The standard InChI is InChI=1S/C15H11FN2S/c1-10-5-4-8-13-14(10)18-15(19-13)17-9-11-6-2-3-7-12(11)16/h2-9H,1H3/b17-9+. The third kappa shape index (κ3) is 2.39. The Morgan fingerprint density at radius 2 is 2.00 bits per heavy atom. The quantitative estimate of drug-likeness (QED) is 0.630. The van der Waals surface area contributed by atoms with E-state index in [0.29, 0.717) is 10.7 Å². The van der Waals surface area contributed by atoms with Gasteiger partial charge >= 0.3 is 0 Å². The van der Waals surface area contributed by atoms with Crippen LogP contribution in [0.3, 0.4) is 0 Å². The van der Waals surface area contributed by atoms with E-state index >= 15 is 0 Å². The molecule has 0 spiro atoms. The summed E-state index contributed by atoms with van der Waals surface area (Å²) >= 11 is 1.51. The number of thiazole rings is 1. The topological polar surface area (TPSA) is 25.2 Å². The van der Waals surface area contributed by atoms with E-state index in [-0.39, 0.29) is 5.82 Å². The van der Waals surface area contributed by atoms with Gasteiger partial charge in [0.2, 0.25) is 5.13 Å². The van der Waals surface area contributed by atoms with Crippen molar-refractivity contribution in [3.8, 4) is 0 Å². The molecular weight excluding hydrogens is 259 g/mol. The fourth-order valence-corrected chi connectivity index (χ4v) is 2.72. The van der Waals surface area contributed by atoms with Crippen LogP contribution >= 0.6 is 11.3 Å². The van der Waals surface area contributed by atoms with Crippen LogP contribution < -0.4 is 0 Å². The second kappa shape index (κ2) is 4.90. The van der Waals surface area contributed by atoms with E-state index in [1.807, 2.05) is 25.1 Å². The maximum absolute atomic E-state index is 13.5. The zero-order valence-electron chi connectivity index (χ0n) is 10.3. The summed E-state index contributed by atoms with van der Waals surface area (Å²) in [5.74, 6) is -0.274. The molecule has 0 saturated carbocycles. The Balaban J connectivity index is 1.98. The fourth-order valence-electron chi connectivity index (χ4n) is 1.83. The molecule has 4 heteroatoms. The van der Waals surface area contributed by atoms with E-state index in [4.69, 9.17) is 0 Å². The monoisotopic (exact) mass is 270 g/mol. The van der Waals surface area contributed by atoms with Gasteiger partial charge in [0.05, 0.1) is 10.2 Å². The predicted molar refractivity (Wildman–Crippen MR) is 78.0 cm³/mol. The van der Waals surface area contributed by atoms with Crippen molar-refractivity contribution in [2.24, 2.45) is 4.99 Å². The molecule has 0 aliphatic rings. The minimum atomic E-state index is -0.274. The number of nitrogens with zero attached hydrogens (tertiary/aromatic N) is 2. The molecule has 1 heterocycles. The Labute approximate surface area is 114 Å². The zero-order chi connectivity index (χ0) is 13.2. The average molecular weight is 270 g/mol. The highest BCUT2D eigenvalue weighted by Crippen LogP contribution is 2.29. The number of aliphatic imine (C=N–C) groups is 1. The molecule has 0 radical (unpaired) electrons. The van der Waals surface area contributed by atoms with Crippen LogP contribution in [0.5, 0.6) is 0 Å². The summed E-state index contributed by atoms with van der Waals surface area (Å²) in [4.78, 5) is 8.71. The molecule has 94 valence electrons. The Bertz CT molecular complexity index is 762. The summed E-state index contributed by atoms with van der Waals surface area (Å²) in [7, 11) is 0. The van der Waals surface area contributed by atoms with E-state index in [1.54, 1.807) is 18.2 Å². The highest BCUT2D eigenvalue weighted by molar-refractivity contribution is 7.22. The first kappa shape index (κ1) is 12.0. The summed E-state index contributed by atoms with van der Waals surface area (Å²) in [5, 5.41) is 0.646. The Morgan fingerprint density at radius 3 is 2.79 bits per heavy atom. The summed E-state index contributed by atoms with van der Waals surface area (Å²) in [6.07, 6.45) is 1.52. The maximum atomic E-state index is 13.5. The van der Waals surface area contributed by atoms with Gasteiger partial charge in [0, 0.05) is 11.8 Å². The molecule has 0 amide bonds. The van der Waals surface area contributed by atoms with Crippen LogP contribution in [0, 0.1) is 12.7 Å². The minimum Gasteiger partial charge on any atom is -0.227 e. The number of hydrogen-bond donors (Lipinski definition) is 0. The molecule has 0 bridgehead atoms. The third-order valence-electron chi connectivity index (χ3n) is 2.83. The van der Waals surface area contributed by atoms with Gasteiger partial charge < -0.3 is 0 Å². The van der Waals surface area contributed by atoms with Crippen molar-refractivity contribution in [3.63, 3.8) is 0 Å². The SMILES string of the molecule is Cc1cccc2sc(/N=C/c3ccccc3F)nc12. The summed E-state index contributed by atoms with van der Waals surface area (Å²) in [5.41, 5.74) is 2.56. The van der Waals surface area contributed by atoms with Gasteiger partial charge in [-0.3, -0.25) is 0 Å². The first-order valence-corrected chi connectivity index (χ1v) is 6.70. The number of para-hydroxylation sites is 1. The lowest BCUT2D eigenvalue weighted by Gasteiger charge is -1.93. The second-order valence-electron chi connectivity index (χ2n) is 4.20. The van der Waals surface area contributed by atoms with Crippen LogP contribution in [0.2, 0.25) is 0 Å². The van der Waals surface area contributed by atoms with Gasteiger partial charge in [-0.2, -0.15) is 0 Å². The molecule has 0 atom stereocenters. The number of fused-ring (bicyclic) bond motifs is 1. The van der Waals surface area contributed by atoms with Crippen LogP contribution in [0.15, 0.2) is 47.5 Å². The van der Waals surface area contributed by atoms with Gasteiger partial charge in [0.1, 0.15) is 5.82 Å². The first-order chi connectivity index (χ1) is 9.24. The number of rotatable bonds is 2. The molecule has 0 aliphatic carbocycles. The summed E-state index contributed by atoms with van der Waals surface area (Å²) in [6, 6.07) is 12.6. The number of benzene rings is 2. The zero-order valence-corrected chi connectivity index (χ0v) is 11.1. The molecule has 2 aromatic carbocycles. The van der Waals surface area contributed by atoms with Crippen molar-refractivity contribution in [2.75, 3.05) is 0 Å². The van der Waals surface area contributed by atoms with E-state index in [0.717, 1.165) is 15.8 Å². The molecule has 0 unspecified atom stereocenters. The van der Waals surface area contributed by atoms with Crippen molar-refractivity contribution in [1.82, 2.24) is 4.98 Å². The van der Waals surface area contributed by atoms with Crippen LogP contribution in [0.25, 0.3) is 10.2 Å². The Kier molecular flexibility index (Phi) is 3.09. The van der Waals surface area contributed by atoms with Crippen LogP contribution in [-0.2, 0) is 0 Å². The minimum absolute atomic E-state index is 0.274. The molecule has 0 N–H and O–H groups in total. The van der Waals surface area contributed by atoms with Gasteiger partial charge in [0.15, 0.2) is 0 Å². The van der Waals surface area contributed by atoms with Crippen LogP contribution in [-0.4, -0.2) is 11.2 Å². The third-order valence-corrected chi connectivity index (χ3v) is 3.76. The smallest absolute Gasteiger partial charge is 0.210 e.